The third kappa shape index (κ3) is 0.971. The molecule has 3 nitrogen and oxygen atoms in total. The van der Waals surface area contributed by atoms with E-state index in [0.29, 0.717) is 13.0 Å². The van der Waals surface area contributed by atoms with Crippen LogP contribution in [0.2, 0.25) is 0 Å². The molecule has 8 heavy (non-hydrogen) atoms. The fourth-order valence-electron chi connectivity index (χ4n) is 0.700. The molecule has 0 amide bonds. The van der Waals surface area contributed by atoms with Crippen molar-refractivity contribution in [1.29, 1.82) is 5.26 Å². The molecule has 0 aromatic carbocycles. The van der Waals surface area contributed by atoms with E-state index >= 15 is 0 Å². The summed E-state index contributed by atoms with van der Waals surface area (Å²) >= 11 is 0. The molecule has 0 aromatic heterocycles. The molecule has 0 aliphatic carbocycles. The smallest absolute Gasteiger partial charge is 0.146 e. The fourth-order valence-corrected chi connectivity index (χ4v) is 0.700. The highest BCUT2D eigenvalue weighted by molar-refractivity contribution is 4.89. The molecular weight excluding hydrogens is 106 g/mol. The molecule has 0 radical (unpaired) electrons. The van der Waals surface area contributed by atoms with Gasteiger partial charge in [0.15, 0.2) is 0 Å². The number of hydrogen-bond acceptors (Lipinski definition) is 3. The van der Waals surface area contributed by atoms with E-state index in [-0.39, 0.29) is 6.10 Å². The first-order chi connectivity index (χ1) is 3.83. The minimum Gasteiger partial charge on any atom is -0.391 e. The van der Waals surface area contributed by atoms with Crippen molar-refractivity contribution in [3.63, 3.8) is 0 Å². The number of ether oxygens (including phenoxy) is 1. The Balaban J connectivity index is 2.35. The lowest BCUT2D eigenvalue weighted by Gasteiger charge is -1.91. The van der Waals surface area contributed by atoms with E-state index in [1.807, 2.05) is 6.07 Å². The summed E-state index contributed by atoms with van der Waals surface area (Å²) in [6, 6.07) is 1.91. The molecule has 1 fully saturated rings. The Labute approximate surface area is 47.5 Å². The van der Waals surface area contributed by atoms with Crippen LogP contribution in [0.4, 0.5) is 0 Å². The Kier molecular flexibility index (Phi) is 1.47. The molecule has 1 N–H and O–H groups in total. The molecule has 2 atom stereocenters. The van der Waals surface area contributed by atoms with Crippen LogP contribution < -0.4 is 0 Å². The highest BCUT2D eigenvalue weighted by atomic mass is 16.5. The van der Waals surface area contributed by atoms with Gasteiger partial charge in [0.1, 0.15) is 6.10 Å². The summed E-state index contributed by atoms with van der Waals surface area (Å²) in [5, 5.41) is 17.0. The maximum Gasteiger partial charge on any atom is 0.146 e. The molecule has 1 aliphatic heterocycles. The van der Waals surface area contributed by atoms with Crippen LogP contribution in [0.1, 0.15) is 6.42 Å². The summed E-state index contributed by atoms with van der Waals surface area (Å²) in [5.74, 6) is 0. The van der Waals surface area contributed by atoms with Crippen molar-refractivity contribution >= 4 is 0 Å². The number of hydrogen-bond donors (Lipinski definition) is 1. The van der Waals surface area contributed by atoms with Crippen molar-refractivity contribution in [2.24, 2.45) is 0 Å². The topological polar surface area (TPSA) is 53.2 Å². The average Bonchev–Trinajstić information content (AvgIpc) is 2.14. The van der Waals surface area contributed by atoms with Gasteiger partial charge in [-0.3, -0.25) is 0 Å². The van der Waals surface area contributed by atoms with E-state index in [9.17, 15) is 0 Å². The third-order valence-electron chi connectivity index (χ3n) is 1.12. The van der Waals surface area contributed by atoms with Crippen LogP contribution in [0.25, 0.3) is 0 Å². The number of nitriles is 1. The van der Waals surface area contributed by atoms with Gasteiger partial charge in [0, 0.05) is 6.42 Å². The lowest BCUT2D eigenvalue weighted by molar-refractivity contribution is 0.110. The molecule has 44 valence electrons. The lowest BCUT2D eigenvalue weighted by atomic mass is 10.2. The van der Waals surface area contributed by atoms with Gasteiger partial charge in [-0.05, 0) is 0 Å². The van der Waals surface area contributed by atoms with Gasteiger partial charge in [0.05, 0.1) is 18.8 Å². The molecule has 0 bridgehead atoms. The first-order valence-corrected chi connectivity index (χ1v) is 2.52. The van der Waals surface area contributed by atoms with E-state index in [0.717, 1.165) is 0 Å². The van der Waals surface area contributed by atoms with Crippen LogP contribution in [-0.4, -0.2) is 23.9 Å². The molecule has 3 heteroatoms. The number of aliphatic hydroxyl groups excluding tert-OH is 1. The molecule has 1 rings (SSSR count). The van der Waals surface area contributed by atoms with Crippen molar-refractivity contribution in [1.82, 2.24) is 0 Å². The number of aliphatic hydroxyl groups is 1. The molecule has 0 saturated carbocycles. The van der Waals surface area contributed by atoms with Crippen LogP contribution in [0.5, 0.6) is 0 Å². The zero-order valence-corrected chi connectivity index (χ0v) is 4.37. The SMILES string of the molecule is N#CC1CC(O)CO1. The summed E-state index contributed by atoms with van der Waals surface area (Å²) in [5.41, 5.74) is 0. The van der Waals surface area contributed by atoms with Gasteiger partial charge in [-0.15, -0.1) is 0 Å². The van der Waals surface area contributed by atoms with Gasteiger partial charge in [0.25, 0.3) is 0 Å². The molecule has 1 aliphatic rings. The van der Waals surface area contributed by atoms with Crippen LogP contribution in [-0.2, 0) is 4.74 Å². The van der Waals surface area contributed by atoms with Crippen molar-refractivity contribution in [3.8, 4) is 6.07 Å². The summed E-state index contributed by atoms with van der Waals surface area (Å²) in [4.78, 5) is 0. The van der Waals surface area contributed by atoms with Gasteiger partial charge < -0.3 is 9.84 Å². The summed E-state index contributed by atoms with van der Waals surface area (Å²) < 4.78 is 4.80. The maximum atomic E-state index is 8.75. The van der Waals surface area contributed by atoms with Crippen molar-refractivity contribution in [2.45, 2.75) is 18.6 Å². The van der Waals surface area contributed by atoms with Gasteiger partial charge >= 0.3 is 0 Å². The Morgan fingerprint density at radius 2 is 2.50 bits per heavy atom. The van der Waals surface area contributed by atoms with E-state index in [1.165, 1.54) is 0 Å². The molecule has 2 unspecified atom stereocenters. The molecular formula is C5H7NO2. The van der Waals surface area contributed by atoms with Crippen molar-refractivity contribution < 1.29 is 9.84 Å². The van der Waals surface area contributed by atoms with Crippen LogP contribution >= 0.6 is 0 Å². The Morgan fingerprint density at radius 1 is 1.75 bits per heavy atom. The second-order valence-corrected chi connectivity index (χ2v) is 1.84. The summed E-state index contributed by atoms with van der Waals surface area (Å²) in [7, 11) is 0. The van der Waals surface area contributed by atoms with E-state index in [1.54, 1.807) is 0 Å². The highest BCUT2D eigenvalue weighted by Gasteiger charge is 2.22. The maximum absolute atomic E-state index is 8.75. The second kappa shape index (κ2) is 2.12. The highest BCUT2D eigenvalue weighted by Crippen LogP contribution is 2.10. The van der Waals surface area contributed by atoms with E-state index in [4.69, 9.17) is 15.1 Å². The summed E-state index contributed by atoms with van der Waals surface area (Å²) in [6.07, 6.45) is -0.319. The first kappa shape index (κ1) is 5.54. The Morgan fingerprint density at radius 3 is 2.75 bits per heavy atom. The minimum atomic E-state index is -0.417. The van der Waals surface area contributed by atoms with Gasteiger partial charge in [-0.25, -0.2) is 0 Å². The average molecular weight is 113 g/mol. The zero-order valence-electron chi connectivity index (χ0n) is 4.37. The lowest BCUT2D eigenvalue weighted by Crippen LogP contribution is -2.03. The predicted molar refractivity (Wildman–Crippen MR) is 26.0 cm³/mol. The molecule has 0 spiro atoms. The quantitative estimate of drug-likeness (QED) is 0.467. The molecule has 1 heterocycles. The normalized spacial score (nSPS) is 37.0. The van der Waals surface area contributed by atoms with Gasteiger partial charge in [-0.2, -0.15) is 5.26 Å². The number of nitrogens with zero attached hydrogens (tertiary/aromatic N) is 1. The van der Waals surface area contributed by atoms with Crippen LogP contribution in [0, 0.1) is 11.3 Å². The monoisotopic (exact) mass is 113 g/mol. The van der Waals surface area contributed by atoms with Crippen LogP contribution in [0.3, 0.4) is 0 Å². The van der Waals surface area contributed by atoms with Gasteiger partial charge in [-0.1, -0.05) is 0 Å². The van der Waals surface area contributed by atoms with E-state index in [2.05, 4.69) is 0 Å². The zero-order chi connectivity index (χ0) is 5.98. The van der Waals surface area contributed by atoms with Crippen LogP contribution in [0.15, 0.2) is 0 Å². The molecule has 0 aromatic rings. The van der Waals surface area contributed by atoms with Gasteiger partial charge in [0.2, 0.25) is 0 Å². The second-order valence-electron chi connectivity index (χ2n) is 1.84. The standard InChI is InChI=1S/C5H7NO2/c6-2-5-1-4(7)3-8-5/h4-5,7H,1,3H2. The fraction of sp³-hybridized carbons (Fsp3) is 0.800. The summed E-state index contributed by atoms with van der Waals surface area (Å²) in [6.45, 7) is 0.318. The largest absolute Gasteiger partial charge is 0.391 e. The molecule has 1 saturated heterocycles. The third-order valence-corrected chi connectivity index (χ3v) is 1.12. The number of rotatable bonds is 0. The van der Waals surface area contributed by atoms with Crippen molar-refractivity contribution in [2.75, 3.05) is 6.61 Å². The minimum absolute atomic E-state index is 0.318. The van der Waals surface area contributed by atoms with E-state index < -0.39 is 6.10 Å². The first-order valence-electron chi connectivity index (χ1n) is 2.52. The Bertz CT molecular complexity index is 118. The predicted octanol–water partition coefficient (Wildman–Crippen LogP) is -0.340. The van der Waals surface area contributed by atoms with Crippen molar-refractivity contribution in [3.05, 3.63) is 0 Å². The Hall–Kier alpha value is -0.590.